The van der Waals surface area contributed by atoms with Gasteiger partial charge in [-0.3, -0.25) is 14.6 Å². The van der Waals surface area contributed by atoms with Crippen molar-refractivity contribution in [1.29, 1.82) is 0 Å². The lowest BCUT2D eigenvalue weighted by atomic mass is 9.81. The summed E-state index contributed by atoms with van der Waals surface area (Å²) in [5, 5.41) is 15.3. The van der Waals surface area contributed by atoms with Gasteiger partial charge in [-0.05, 0) is 45.0 Å². The van der Waals surface area contributed by atoms with Crippen LogP contribution in [0, 0.1) is 17.0 Å². The highest BCUT2D eigenvalue weighted by Crippen LogP contribution is 2.44. The molecule has 6 nitrogen and oxygen atoms in total. The Hall–Kier alpha value is -3.36. The van der Waals surface area contributed by atoms with Crippen LogP contribution in [0.4, 0.5) is 14.5 Å². The Bertz CT molecular complexity index is 1370. The molecule has 2 aromatic carbocycles. The van der Waals surface area contributed by atoms with Gasteiger partial charge in [0.15, 0.2) is 0 Å². The molecule has 0 saturated carbocycles. The number of nitrogens with one attached hydrogen (secondary N) is 1. The van der Waals surface area contributed by atoms with Crippen molar-refractivity contribution in [2.24, 2.45) is 5.41 Å². The Morgan fingerprint density at radius 1 is 1.00 bits per heavy atom. The zero-order valence-electron chi connectivity index (χ0n) is 22.2. The summed E-state index contributed by atoms with van der Waals surface area (Å²) in [5.74, 6) is -3.22. The van der Waals surface area contributed by atoms with Gasteiger partial charge in [0.2, 0.25) is 5.91 Å². The van der Waals surface area contributed by atoms with E-state index in [2.05, 4.69) is 10.3 Å². The summed E-state index contributed by atoms with van der Waals surface area (Å²) in [6, 6.07) is 10.7. The van der Waals surface area contributed by atoms with Crippen LogP contribution in [-0.4, -0.2) is 27.6 Å². The third-order valence-corrected chi connectivity index (χ3v) is 5.97. The molecule has 1 amide bonds. The average Bonchev–Trinajstić information content (AvgIpc) is 2.77. The first-order chi connectivity index (χ1) is 17.5. The molecule has 3 rings (SSSR count). The highest BCUT2D eigenvalue weighted by atomic mass is 35.5. The van der Waals surface area contributed by atoms with E-state index in [1.165, 1.54) is 12.3 Å². The van der Waals surface area contributed by atoms with Gasteiger partial charge in [-0.25, -0.2) is 8.78 Å². The van der Waals surface area contributed by atoms with Crippen LogP contribution in [0.15, 0.2) is 54.7 Å². The van der Waals surface area contributed by atoms with Crippen molar-refractivity contribution in [3.8, 4) is 11.3 Å². The molecule has 1 aromatic heterocycles. The smallest absolute Gasteiger partial charge is 0.309 e. The Balaban J connectivity index is 2.36. The molecule has 3 aromatic rings. The van der Waals surface area contributed by atoms with Gasteiger partial charge in [0, 0.05) is 34.4 Å². The third-order valence-electron chi connectivity index (χ3n) is 5.64. The first-order valence-electron chi connectivity index (χ1n) is 12.0. The number of esters is 1. The van der Waals surface area contributed by atoms with Gasteiger partial charge >= 0.3 is 5.97 Å². The maximum Gasteiger partial charge on any atom is 0.309 e. The number of anilines is 1. The van der Waals surface area contributed by atoms with Crippen molar-refractivity contribution in [3.05, 3.63) is 82.5 Å². The van der Waals surface area contributed by atoms with Crippen LogP contribution in [0.2, 0.25) is 5.02 Å². The maximum absolute atomic E-state index is 15.2. The van der Waals surface area contributed by atoms with Crippen LogP contribution in [-0.2, 0) is 19.9 Å². The van der Waals surface area contributed by atoms with Crippen LogP contribution in [0.1, 0.15) is 59.1 Å². The van der Waals surface area contributed by atoms with Gasteiger partial charge in [-0.2, -0.15) is 0 Å². The van der Waals surface area contributed by atoms with E-state index in [4.69, 9.17) is 16.3 Å². The summed E-state index contributed by atoms with van der Waals surface area (Å²) in [4.78, 5) is 30.6. The summed E-state index contributed by atoms with van der Waals surface area (Å²) < 4.78 is 34.5. The zero-order valence-corrected chi connectivity index (χ0v) is 22.9. The molecule has 1 unspecified atom stereocenters. The van der Waals surface area contributed by atoms with E-state index in [-0.39, 0.29) is 22.5 Å². The maximum atomic E-state index is 15.2. The topological polar surface area (TPSA) is 88.5 Å². The zero-order chi connectivity index (χ0) is 28.5. The molecule has 38 heavy (non-hydrogen) atoms. The normalized spacial score (nSPS) is 13.5. The molecule has 9 heteroatoms. The Kier molecular flexibility index (Phi) is 8.29. The van der Waals surface area contributed by atoms with Gasteiger partial charge in [-0.1, -0.05) is 50.6 Å². The average molecular weight is 545 g/mol. The number of carbonyl (C=O) groups is 2. The van der Waals surface area contributed by atoms with E-state index >= 15 is 4.39 Å². The number of hydrogen-bond acceptors (Lipinski definition) is 5. The fourth-order valence-corrected chi connectivity index (χ4v) is 4.06. The summed E-state index contributed by atoms with van der Waals surface area (Å²) in [7, 11) is 0. The summed E-state index contributed by atoms with van der Waals surface area (Å²) >= 11 is 6.45. The number of ether oxygens (including phenoxy) is 1. The van der Waals surface area contributed by atoms with Crippen LogP contribution in [0.3, 0.4) is 0 Å². The molecule has 202 valence electrons. The van der Waals surface area contributed by atoms with E-state index in [0.29, 0.717) is 16.7 Å². The number of amides is 1. The fourth-order valence-electron chi connectivity index (χ4n) is 3.84. The van der Waals surface area contributed by atoms with Gasteiger partial charge in [0.1, 0.15) is 22.8 Å². The second-order valence-corrected chi connectivity index (χ2v) is 11.4. The number of carbonyl (C=O) groups excluding carboxylic acids is 2. The molecule has 0 bridgehead atoms. The molecule has 0 aliphatic heterocycles. The van der Waals surface area contributed by atoms with Crippen LogP contribution >= 0.6 is 11.6 Å². The monoisotopic (exact) mass is 544 g/mol. The second-order valence-electron chi connectivity index (χ2n) is 11.0. The van der Waals surface area contributed by atoms with E-state index in [0.717, 1.165) is 12.1 Å². The lowest BCUT2D eigenvalue weighted by molar-refractivity contribution is -0.159. The quantitative estimate of drug-likeness (QED) is 0.340. The molecular formula is C29H31ClF2N2O4. The number of pyridine rings is 1. The number of aliphatic hydroxyl groups is 1. The molecule has 0 saturated heterocycles. The van der Waals surface area contributed by atoms with Gasteiger partial charge < -0.3 is 15.2 Å². The highest BCUT2D eigenvalue weighted by molar-refractivity contribution is 6.33. The number of rotatable bonds is 6. The second kappa shape index (κ2) is 10.8. The minimum atomic E-state index is -2.39. The standard InChI is InChI=1S/C29H31ClF2N2O4/c1-27(2,3)26(36)34-25-20(13-14-33-24(25)18-9-7-8-10-21(18)30)29(37,16-23(35)38-28(4,5)6)19-12-11-17(31)15-22(19)32/h7-15,37H,16H2,1-6H3,(H,34,36). The van der Waals surface area contributed by atoms with Crippen molar-refractivity contribution in [3.63, 3.8) is 0 Å². The molecule has 0 spiro atoms. The molecule has 0 aliphatic carbocycles. The first-order valence-corrected chi connectivity index (χ1v) is 12.4. The largest absolute Gasteiger partial charge is 0.460 e. The SMILES string of the molecule is CC(C)(C)OC(=O)CC(O)(c1ccc(F)cc1F)c1ccnc(-c2ccccc2Cl)c1NC(=O)C(C)(C)C. The lowest BCUT2D eigenvalue weighted by Gasteiger charge is -2.33. The molecule has 2 N–H and O–H groups in total. The van der Waals surface area contributed by atoms with Crippen molar-refractivity contribution < 1.29 is 28.2 Å². The summed E-state index contributed by atoms with van der Waals surface area (Å²) in [5.41, 5.74) is -3.94. The van der Waals surface area contributed by atoms with Crippen molar-refractivity contribution in [1.82, 2.24) is 4.98 Å². The minimum Gasteiger partial charge on any atom is -0.460 e. The Labute approximate surface area is 226 Å². The fraction of sp³-hybridized carbons (Fsp3) is 0.345. The van der Waals surface area contributed by atoms with E-state index in [9.17, 15) is 19.1 Å². The van der Waals surface area contributed by atoms with E-state index in [1.807, 2.05) is 0 Å². The molecule has 0 aliphatic rings. The number of hydrogen-bond donors (Lipinski definition) is 2. The molecule has 0 fully saturated rings. The summed E-state index contributed by atoms with van der Waals surface area (Å²) in [6.07, 6.45) is 0.611. The first kappa shape index (κ1) is 29.2. The van der Waals surface area contributed by atoms with Gasteiger partial charge in [-0.15, -0.1) is 0 Å². The summed E-state index contributed by atoms with van der Waals surface area (Å²) in [6.45, 7) is 10.0. The number of halogens is 3. The number of aromatic nitrogens is 1. The van der Waals surface area contributed by atoms with Crippen LogP contribution in [0.25, 0.3) is 11.3 Å². The van der Waals surface area contributed by atoms with Crippen molar-refractivity contribution in [2.45, 2.75) is 59.2 Å². The van der Waals surface area contributed by atoms with Gasteiger partial charge in [0.25, 0.3) is 0 Å². The molecule has 1 atom stereocenters. The highest BCUT2D eigenvalue weighted by Gasteiger charge is 2.42. The van der Waals surface area contributed by atoms with E-state index in [1.54, 1.807) is 65.8 Å². The van der Waals surface area contributed by atoms with Gasteiger partial charge in [0.05, 0.1) is 22.8 Å². The number of nitrogens with zero attached hydrogens (tertiary/aromatic N) is 1. The predicted molar refractivity (Wildman–Crippen MR) is 143 cm³/mol. The van der Waals surface area contributed by atoms with E-state index < -0.39 is 46.5 Å². The molecule has 0 radical (unpaired) electrons. The van der Waals surface area contributed by atoms with Crippen LogP contribution < -0.4 is 5.32 Å². The molecular weight excluding hydrogens is 514 g/mol. The van der Waals surface area contributed by atoms with Crippen molar-refractivity contribution >= 4 is 29.2 Å². The third kappa shape index (κ3) is 6.55. The van der Waals surface area contributed by atoms with Crippen LogP contribution in [0.5, 0.6) is 0 Å². The Morgan fingerprint density at radius 2 is 1.66 bits per heavy atom. The predicted octanol–water partition coefficient (Wildman–Crippen LogP) is 6.63. The molecule has 1 heterocycles. The number of benzene rings is 2. The minimum absolute atomic E-state index is 0.0234. The van der Waals surface area contributed by atoms with Crippen molar-refractivity contribution in [2.75, 3.05) is 5.32 Å². The lowest BCUT2D eigenvalue weighted by Crippen LogP contribution is -2.37. The Morgan fingerprint density at radius 3 is 2.24 bits per heavy atom.